The monoisotopic (exact) mass is 270 g/mol. The standard InChI is InChI=1S/C16H18N2O2/c1-11-6-12(2)8-14(7-11)18-9-13(10-19)16(17-18)15-4-3-5-20-15/h6-10,15H,3-5H2,1-2H3. The Kier molecular flexibility index (Phi) is 3.40. The minimum absolute atomic E-state index is 0.0395. The summed E-state index contributed by atoms with van der Waals surface area (Å²) in [6.45, 7) is 4.86. The lowest BCUT2D eigenvalue weighted by Crippen LogP contribution is -2.02. The van der Waals surface area contributed by atoms with Crippen molar-refractivity contribution in [2.45, 2.75) is 32.8 Å². The molecule has 0 aliphatic carbocycles. The fraction of sp³-hybridized carbons (Fsp3) is 0.375. The topological polar surface area (TPSA) is 44.1 Å². The molecule has 1 aliphatic heterocycles. The molecule has 0 N–H and O–H groups in total. The molecule has 1 aromatic carbocycles. The molecule has 2 heterocycles. The number of carbonyl (C=O) groups is 1. The van der Waals surface area contributed by atoms with Crippen LogP contribution < -0.4 is 0 Å². The van der Waals surface area contributed by atoms with Crippen LogP contribution in [0.2, 0.25) is 0 Å². The van der Waals surface area contributed by atoms with E-state index in [1.165, 1.54) is 11.1 Å². The molecule has 0 spiro atoms. The first-order chi connectivity index (χ1) is 9.67. The van der Waals surface area contributed by atoms with Crippen molar-refractivity contribution in [3.05, 3.63) is 46.8 Å². The first kappa shape index (κ1) is 13.1. The molecule has 0 saturated carbocycles. The minimum Gasteiger partial charge on any atom is -0.372 e. The van der Waals surface area contributed by atoms with E-state index in [0.717, 1.165) is 37.1 Å². The molecule has 0 amide bonds. The first-order valence-corrected chi connectivity index (χ1v) is 6.92. The SMILES string of the molecule is Cc1cc(C)cc(-n2cc(C=O)c(C3CCCO3)n2)c1. The maximum atomic E-state index is 11.3. The summed E-state index contributed by atoms with van der Waals surface area (Å²) in [7, 11) is 0. The van der Waals surface area contributed by atoms with E-state index < -0.39 is 0 Å². The normalized spacial score (nSPS) is 18.4. The average molecular weight is 270 g/mol. The van der Waals surface area contributed by atoms with E-state index >= 15 is 0 Å². The fourth-order valence-corrected chi connectivity index (χ4v) is 2.75. The Hall–Kier alpha value is -1.94. The number of hydrogen-bond acceptors (Lipinski definition) is 3. The van der Waals surface area contributed by atoms with Gasteiger partial charge in [-0.2, -0.15) is 5.10 Å². The Balaban J connectivity index is 2.03. The highest BCUT2D eigenvalue weighted by Gasteiger charge is 2.24. The molecule has 3 rings (SSSR count). The number of benzene rings is 1. The fourth-order valence-electron chi connectivity index (χ4n) is 2.75. The summed E-state index contributed by atoms with van der Waals surface area (Å²) in [5.41, 5.74) is 4.73. The highest BCUT2D eigenvalue weighted by atomic mass is 16.5. The molecular formula is C16H18N2O2. The van der Waals surface area contributed by atoms with Crippen LogP contribution in [0.25, 0.3) is 5.69 Å². The van der Waals surface area contributed by atoms with Crippen LogP contribution in [-0.2, 0) is 4.74 Å². The van der Waals surface area contributed by atoms with Crippen molar-refractivity contribution in [2.24, 2.45) is 0 Å². The molecule has 1 fully saturated rings. The summed E-state index contributed by atoms with van der Waals surface area (Å²) in [4.78, 5) is 11.3. The van der Waals surface area contributed by atoms with E-state index in [1.54, 1.807) is 10.9 Å². The summed E-state index contributed by atoms with van der Waals surface area (Å²) in [6, 6.07) is 6.25. The molecule has 1 atom stereocenters. The van der Waals surface area contributed by atoms with Crippen LogP contribution in [-0.4, -0.2) is 22.7 Å². The van der Waals surface area contributed by atoms with Crippen molar-refractivity contribution in [1.82, 2.24) is 9.78 Å². The van der Waals surface area contributed by atoms with Gasteiger partial charge in [-0.05, 0) is 49.9 Å². The van der Waals surface area contributed by atoms with E-state index in [0.29, 0.717) is 5.56 Å². The van der Waals surface area contributed by atoms with Gasteiger partial charge in [0.25, 0.3) is 0 Å². The third-order valence-electron chi connectivity index (χ3n) is 3.61. The summed E-state index contributed by atoms with van der Waals surface area (Å²) in [5, 5.41) is 4.58. The Morgan fingerprint density at radius 1 is 1.30 bits per heavy atom. The maximum absolute atomic E-state index is 11.3. The maximum Gasteiger partial charge on any atom is 0.153 e. The second kappa shape index (κ2) is 5.21. The lowest BCUT2D eigenvalue weighted by atomic mass is 10.1. The highest BCUT2D eigenvalue weighted by Crippen LogP contribution is 2.29. The summed E-state index contributed by atoms with van der Waals surface area (Å²) >= 11 is 0. The Bertz CT molecular complexity index is 620. The molecule has 20 heavy (non-hydrogen) atoms. The third kappa shape index (κ3) is 2.39. The number of ether oxygens (including phenoxy) is 1. The minimum atomic E-state index is -0.0395. The van der Waals surface area contributed by atoms with Crippen molar-refractivity contribution >= 4 is 6.29 Å². The van der Waals surface area contributed by atoms with E-state index in [4.69, 9.17) is 4.74 Å². The van der Waals surface area contributed by atoms with Gasteiger partial charge in [0.2, 0.25) is 0 Å². The molecule has 1 aromatic heterocycles. The van der Waals surface area contributed by atoms with Gasteiger partial charge in [0.15, 0.2) is 6.29 Å². The van der Waals surface area contributed by atoms with Gasteiger partial charge in [-0.25, -0.2) is 4.68 Å². The molecule has 1 aliphatic rings. The zero-order chi connectivity index (χ0) is 14.1. The van der Waals surface area contributed by atoms with Gasteiger partial charge in [-0.15, -0.1) is 0 Å². The number of carbonyl (C=O) groups excluding carboxylic acids is 1. The smallest absolute Gasteiger partial charge is 0.153 e. The van der Waals surface area contributed by atoms with Crippen molar-refractivity contribution in [2.75, 3.05) is 6.61 Å². The number of hydrogen-bond donors (Lipinski definition) is 0. The van der Waals surface area contributed by atoms with Gasteiger partial charge in [0, 0.05) is 12.8 Å². The van der Waals surface area contributed by atoms with Crippen molar-refractivity contribution < 1.29 is 9.53 Å². The van der Waals surface area contributed by atoms with Gasteiger partial charge in [-0.1, -0.05) is 6.07 Å². The van der Waals surface area contributed by atoms with Crippen LogP contribution in [0.4, 0.5) is 0 Å². The predicted molar refractivity (Wildman–Crippen MR) is 76.4 cm³/mol. The molecule has 104 valence electrons. The van der Waals surface area contributed by atoms with Gasteiger partial charge < -0.3 is 4.74 Å². The van der Waals surface area contributed by atoms with Crippen LogP contribution >= 0.6 is 0 Å². The Morgan fingerprint density at radius 2 is 2.05 bits per heavy atom. The molecule has 1 unspecified atom stereocenters. The molecule has 0 radical (unpaired) electrons. The molecular weight excluding hydrogens is 252 g/mol. The number of nitrogens with zero attached hydrogens (tertiary/aromatic N) is 2. The molecule has 1 saturated heterocycles. The highest BCUT2D eigenvalue weighted by molar-refractivity contribution is 5.76. The van der Waals surface area contributed by atoms with E-state index in [2.05, 4.69) is 37.1 Å². The summed E-state index contributed by atoms with van der Waals surface area (Å²) < 4.78 is 7.42. The average Bonchev–Trinajstić information content (AvgIpc) is 3.06. The third-order valence-corrected chi connectivity index (χ3v) is 3.61. The number of aryl methyl sites for hydroxylation is 2. The van der Waals surface area contributed by atoms with E-state index in [-0.39, 0.29) is 6.10 Å². The zero-order valence-electron chi connectivity index (χ0n) is 11.8. The Morgan fingerprint density at radius 3 is 2.65 bits per heavy atom. The first-order valence-electron chi connectivity index (χ1n) is 6.92. The van der Waals surface area contributed by atoms with Gasteiger partial charge in [-0.3, -0.25) is 4.79 Å². The number of rotatable bonds is 3. The molecule has 4 nitrogen and oxygen atoms in total. The van der Waals surface area contributed by atoms with E-state index in [9.17, 15) is 4.79 Å². The quantitative estimate of drug-likeness (QED) is 0.805. The molecule has 2 aromatic rings. The largest absolute Gasteiger partial charge is 0.372 e. The van der Waals surface area contributed by atoms with Crippen molar-refractivity contribution in [1.29, 1.82) is 0 Å². The summed E-state index contributed by atoms with van der Waals surface area (Å²) in [5.74, 6) is 0. The van der Waals surface area contributed by atoms with Crippen molar-refractivity contribution in [3.63, 3.8) is 0 Å². The van der Waals surface area contributed by atoms with Gasteiger partial charge >= 0.3 is 0 Å². The van der Waals surface area contributed by atoms with Crippen LogP contribution in [0, 0.1) is 13.8 Å². The van der Waals surface area contributed by atoms with Gasteiger partial charge in [0.1, 0.15) is 11.8 Å². The van der Waals surface area contributed by atoms with Crippen LogP contribution in [0.15, 0.2) is 24.4 Å². The number of aromatic nitrogens is 2. The van der Waals surface area contributed by atoms with Crippen LogP contribution in [0.1, 0.15) is 46.1 Å². The van der Waals surface area contributed by atoms with Gasteiger partial charge in [0.05, 0.1) is 11.3 Å². The van der Waals surface area contributed by atoms with Crippen LogP contribution in [0.3, 0.4) is 0 Å². The molecule has 0 bridgehead atoms. The van der Waals surface area contributed by atoms with Crippen molar-refractivity contribution in [3.8, 4) is 5.69 Å². The summed E-state index contributed by atoms with van der Waals surface area (Å²) in [6.07, 6.45) is 4.58. The number of aldehydes is 1. The molecule has 4 heteroatoms. The lowest BCUT2D eigenvalue weighted by Gasteiger charge is -2.07. The second-order valence-corrected chi connectivity index (χ2v) is 5.38. The second-order valence-electron chi connectivity index (χ2n) is 5.38. The predicted octanol–water partition coefficient (Wildman–Crippen LogP) is 3.15. The lowest BCUT2D eigenvalue weighted by molar-refractivity contribution is 0.104. The van der Waals surface area contributed by atoms with Crippen LogP contribution in [0.5, 0.6) is 0 Å². The Labute approximate surface area is 118 Å². The van der Waals surface area contributed by atoms with E-state index in [1.807, 2.05) is 0 Å². The zero-order valence-corrected chi connectivity index (χ0v) is 11.8.